The predicted molar refractivity (Wildman–Crippen MR) is 103 cm³/mol. The van der Waals surface area contributed by atoms with Crippen molar-refractivity contribution >= 4 is 22.6 Å². The van der Waals surface area contributed by atoms with Crippen molar-refractivity contribution in [1.29, 1.82) is 0 Å². The van der Waals surface area contributed by atoms with Gasteiger partial charge in [-0.25, -0.2) is 4.79 Å². The van der Waals surface area contributed by atoms with Gasteiger partial charge < -0.3 is 9.52 Å². The van der Waals surface area contributed by atoms with E-state index in [1.807, 2.05) is 60.7 Å². The van der Waals surface area contributed by atoms with E-state index < -0.39 is 11.5 Å². The number of fused-ring (bicyclic) bond motifs is 1. The molecule has 0 amide bonds. The molecule has 4 rings (SSSR count). The molecule has 0 radical (unpaired) electrons. The summed E-state index contributed by atoms with van der Waals surface area (Å²) in [5, 5.41) is 11.8. The Balaban J connectivity index is 2.04. The van der Waals surface area contributed by atoms with Gasteiger partial charge in [0.25, 0.3) is 0 Å². The van der Waals surface area contributed by atoms with Crippen molar-refractivity contribution in [1.82, 2.24) is 0 Å². The van der Waals surface area contributed by atoms with E-state index in [0.29, 0.717) is 16.0 Å². The number of benzene rings is 3. The summed E-state index contributed by atoms with van der Waals surface area (Å²) in [6.45, 7) is 0. The molecular weight excluding hydrogens is 348 g/mol. The van der Waals surface area contributed by atoms with E-state index >= 15 is 0 Å². The van der Waals surface area contributed by atoms with E-state index in [9.17, 15) is 9.90 Å². The molecule has 1 N–H and O–H groups in total. The number of halogens is 1. The van der Waals surface area contributed by atoms with Crippen LogP contribution in [-0.2, 0) is 0 Å². The maximum Gasteiger partial charge on any atom is 0.344 e. The van der Waals surface area contributed by atoms with E-state index in [1.54, 1.807) is 18.2 Å². The van der Waals surface area contributed by atoms with E-state index in [2.05, 4.69) is 0 Å². The molecule has 26 heavy (non-hydrogen) atoms. The van der Waals surface area contributed by atoms with Crippen LogP contribution < -0.4 is 5.63 Å². The molecule has 4 heteroatoms. The van der Waals surface area contributed by atoms with Gasteiger partial charge >= 0.3 is 5.63 Å². The normalized spacial score (nSPS) is 11.2. The average Bonchev–Trinajstić information content (AvgIpc) is 2.67. The maximum atomic E-state index is 12.8. The van der Waals surface area contributed by atoms with E-state index in [4.69, 9.17) is 16.0 Å². The zero-order valence-electron chi connectivity index (χ0n) is 13.7. The lowest BCUT2D eigenvalue weighted by molar-refractivity contribution is 0.455. The Morgan fingerprint density at radius 3 is 2.00 bits per heavy atom. The van der Waals surface area contributed by atoms with Gasteiger partial charge in [0, 0.05) is 10.9 Å². The highest BCUT2D eigenvalue weighted by atomic mass is 35.5. The smallest absolute Gasteiger partial charge is 0.344 e. The second kappa shape index (κ2) is 6.70. The fourth-order valence-corrected chi connectivity index (χ4v) is 3.42. The lowest BCUT2D eigenvalue weighted by Gasteiger charge is -2.19. The summed E-state index contributed by atoms with van der Waals surface area (Å²) in [7, 11) is 0. The van der Waals surface area contributed by atoms with Gasteiger partial charge in [-0.15, -0.1) is 0 Å². The minimum Gasteiger partial charge on any atom is -0.507 e. The summed E-state index contributed by atoms with van der Waals surface area (Å²) in [5.74, 6) is -0.548. The second-order valence-electron chi connectivity index (χ2n) is 6.05. The molecule has 0 atom stereocenters. The fourth-order valence-electron chi connectivity index (χ4n) is 3.24. The predicted octanol–water partition coefficient (Wildman–Crippen LogP) is 5.33. The van der Waals surface area contributed by atoms with Crippen LogP contribution in [0.15, 0.2) is 88.1 Å². The van der Waals surface area contributed by atoms with Crippen LogP contribution in [0.5, 0.6) is 5.75 Å². The molecule has 3 aromatic carbocycles. The Morgan fingerprint density at radius 2 is 1.42 bits per heavy atom. The van der Waals surface area contributed by atoms with Gasteiger partial charge in [-0.3, -0.25) is 0 Å². The van der Waals surface area contributed by atoms with Crippen LogP contribution in [0.2, 0.25) is 5.02 Å². The molecule has 3 nitrogen and oxygen atoms in total. The third-order valence-corrected chi connectivity index (χ3v) is 4.66. The van der Waals surface area contributed by atoms with Gasteiger partial charge in [0.15, 0.2) is 0 Å². The number of aromatic hydroxyl groups is 1. The molecule has 0 unspecified atom stereocenters. The number of hydrogen-bond acceptors (Lipinski definition) is 3. The molecule has 1 aromatic heterocycles. The minimum atomic E-state index is -0.560. The quantitative estimate of drug-likeness (QED) is 0.501. The Labute approximate surface area is 155 Å². The van der Waals surface area contributed by atoms with Crippen LogP contribution in [-0.4, -0.2) is 5.11 Å². The first-order chi connectivity index (χ1) is 12.6. The van der Waals surface area contributed by atoms with Crippen molar-refractivity contribution in [2.45, 2.75) is 5.92 Å². The highest BCUT2D eigenvalue weighted by molar-refractivity contribution is 6.31. The van der Waals surface area contributed by atoms with Gasteiger partial charge in [0.1, 0.15) is 11.3 Å². The van der Waals surface area contributed by atoms with Crippen LogP contribution in [0.3, 0.4) is 0 Å². The summed E-state index contributed by atoms with van der Waals surface area (Å²) in [6.07, 6.45) is 0. The highest BCUT2D eigenvalue weighted by Crippen LogP contribution is 2.38. The van der Waals surface area contributed by atoms with Gasteiger partial charge in [0.2, 0.25) is 0 Å². The van der Waals surface area contributed by atoms with Crippen LogP contribution in [0.4, 0.5) is 0 Å². The molecular formula is C22H15ClO3. The number of rotatable bonds is 3. The Hall–Kier alpha value is -3.04. The summed E-state index contributed by atoms with van der Waals surface area (Å²) in [4.78, 5) is 12.8. The summed E-state index contributed by atoms with van der Waals surface area (Å²) >= 11 is 6.07. The van der Waals surface area contributed by atoms with Gasteiger partial charge in [-0.2, -0.15) is 0 Å². The topological polar surface area (TPSA) is 50.4 Å². The van der Waals surface area contributed by atoms with Crippen molar-refractivity contribution < 1.29 is 9.52 Å². The van der Waals surface area contributed by atoms with Crippen molar-refractivity contribution in [3.05, 3.63) is 111 Å². The third-order valence-electron chi connectivity index (χ3n) is 4.43. The Kier molecular flexibility index (Phi) is 4.23. The highest BCUT2D eigenvalue weighted by Gasteiger charge is 2.26. The summed E-state index contributed by atoms with van der Waals surface area (Å²) < 4.78 is 5.48. The first-order valence-corrected chi connectivity index (χ1v) is 8.58. The van der Waals surface area contributed by atoms with Gasteiger partial charge in [-0.1, -0.05) is 72.3 Å². The first-order valence-electron chi connectivity index (χ1n) is 8.20. The molecule has 4 aromatic rings. The molecule has 0 saturated carbocycles. The zero-order valence-corrected chi connectivity index (χ0v) is 14.5. The second-order valence-corrected chi connectivity index (χ2v) is 6.48. The molecule has 0 fully saturated rings. The van der Waals surface area contributed by atoms with Crippen molar-refractivity contribution in [2.24, 2.45) is 0 Å². The van der Waals surface area contributed by atoms with Crippen molar-refractivity contribution in [3.8, 4) is 5.75 Å². The van der Waals surface area contributed by atoms with Crippen LogP contribution in [0, 0.1) is 0 Å². The summed E-state index contributed by atoms with van der Waals surface area (Å²) in [5.41, 5.74) is 1.73. The SMILES string of the molecule is O=c1oc2ccc(Cl)cc2c(O)c1C(c1ccccc1)c1ccccc1. The Morgan fingerprint density at radius 1 is 0.846 bits per heavy atom. The third kappa shape index (κ3) is 2.87. The summed E-state index contributed by atoms with van der Waals surface area (Å²) in [6, 6.07) is 24.0. The lowest BCUT2D eigenvalue weighted by Crippen LogP contribution is -2.15. The lowest BCUT2D eigenvalue weighted by atomic mass is 9.85. The molecule has 0 aliphatic heterocycles. The number of hydrogen-bond donors (Lipinski definition) is 1. The largest absolute Gasteiger partial charge is 0.507 e. The standard InChI is InChI=1S/C22H15ClO3/c23-16-11-12-18-17(13-16)21(24)20(22(25)26-18)19(14-7-3-1-4-8-14)15-9-5-2-6-10-15/h1-13,19,24H. The van der Waals surface area contributed by atoms with E-state index in [-0.39, 0.29) is 11.3 Å². The van der Waals surface area contributed by atoms with Crippen LogP contribution >= 0.6 is 11.6 Å². The van der Waals surface area contributed by atoms with Crippen LogP contribution in [0.1, 0.15) is 22.6 Å². The molecule has 0 bridgehead atoms. The molecule has 0 saturated heterocycles. The molecule has 128 valence electrons. The van der Waals surface area contributed by atoms with Gasteiger partial charge in [-0.05, 0) is 29.3 Å². The van der Waals surface area contributed by atoms with Crippen LogP contribution in [0.25, 0.3) is 11.0 Å². The van der Waals surface area contributed by atoms with Crippen molar-refractivity contribution in [2.75, 3.05) is 0 Å². The zero-order chi connectivity index (χ0) is 18.1. The first kappa shape index (κ1) is 16.4. The molecule has 0 aliphatic rings. The minimum absolute atomic E-state index is 0.101. The maximum absolute atomic E-state index is 12.8. The van der Waals surface area contributed by atoms with E-state index in [1.165, 1.54) is 0 Å². The Bertz CT molecular complexity index is 1080. The van der Waals surface area contributed by atoms with Crippen molar-refractivity contribution in [3.63, 3.8) is 0 Å². The molecule has 0 spiro atoms. The van der Waals surface area contributed by atoms with Gasteiger partial charge in [0.05, 0.1) is 10.9 Å². The molecule has 1 heterocycles. The monoisotopic (exact) mass is 362 g/mol. The average molecular weight is 363 g/mol. The molecule has 0 aliphatic carbocycles. The fraction of sp³-hybridized carbons (Fsp3) is 0.0455. The van der Waals surface area contributed by atoms with E-state index in [0.717, 1.165) is 11.1 Å².